The quantitative estimate of drug-likeness (QED) is 0.212. The first-order chi connectivity index (χ1) is 31.7. The number of carbonyl (C=O) groups is 12. The first kappa shape index (κ1) is 56.0. The normalized spacial score (nSPS) is 25.8. The lowest BCUT2D eigenvalue weighted by molar-refractivity contribution is -0.158. The van der Waals surface area contributed by atoms with Gasteiger partial charge in [-0.15, -0.1) is 0 Å². The number of rotatable bonds is 3. The molecule has 0 radical (unpaired) electrons. The topological polar surface area (TPSA) is 279 Å². The van der Waals surface area contributed by atoms with Crippen LogP contribution in [0.2, 0.25) is 0 Å². The smallest absolute Gasteiger partial charge is 0.245 e. The third-order valence-electron chi connectivity index (χ3n) is 13.3. The molecule has 0 aromatic heterocycles. The van der Waals surface area contributed by atoms with E-state index >= 15 is 0 Å². The number of piperidine rings is 1. The average Bonchev–Trinajstić information content (AvgIpc) is 3.29. The predicted molar refractivity (Wildman–Crippen MR) is 244 cm³/mol. The number of carbonyl (C=O) groups excluding carboxylic acids is 12. The van der Waals surface area contributed by atoms with Gasteiger partial charge in [0.05, 0.1) is 45.7 Å². The highest BCUT2D eigenvalue weighted by atomic mass is 16.2. The fourth-order valence-electron chi connectivity index (χ4n) is 7.65. The summed E-state index contributed by atoms with van der Waals surface area (Å²) in [5.74, 6) is -8.27. The summed E-state index contributed by atoms with van der Waals surface area (Å²) in [6, 6.07) is -4.46. The van der Waals surface area contributed by atoms with Gasteiger partial charge < -0.3 is 60.5 Å². The van der Waals surface area contributed by atoms with Crippen molar-refractivity contribution in [2.45, 2.75) is 103 Å². The molecule has 3 fully saturated rings. The number of amides is 12. The molecule has 4 N–H and O–H groups in total. The van der Waals surface area contributed by atoms with Crippen molar-refractivity contribution in [1.82, 2.24) is 60.5 Å². The van der Waals surface area contributed by atoms with Crippen molar-refractivity contribution in [2.75, 3.05) is 101 Å². The molecule has 4 unspecified atom stereocenters. The van der Waals surface area contributed by atoms with Crippen LogP contribution in [0.3, 0.4) is 0 Å². The number of nitrogens with zero attached hydrogens (tertiary/aromatic N) is 8. The Kier molecular flexibility index (Phi) is 20.2. The Balaban J connectivity index is 1.90. The SMILES string of the molecule is CC[C@H](C)C1NC(=O)CN(C)C(=O)CC(C(=O)N2CCCCC2)N(C)C(=O)CNC(=O)C(C)(C)N(C)C(=O)CNC(=O)CNC(=O)CN(C)C(=O)CN(C)C(=O)C2CCN2C(=O)C(C)N(C)C1=O. The monoisotopic (exact) mass is 961 g/mol. The van der Waals surface area contributed by atoms with Crippen LogP contribution in [0.1, 0.15) is 73.1 Å². The molecule has 12 amide bonds. The van der Waals surface area contributed by atoms with Gasteiger partial charge in [-0.1, -0.05) is 20.3 Å². The van der Waals surface area contributed by atoms with E-state index in [0.717, 1.165) is 43.8 Å². The number of fused-ring (bicyclic) bond motifs is 1. The van der Waals surface area contributed by atoms with Crippen LogP contribution in [0.4, 0.5) is 0 Å². The molecule has 0 aliphatic carbocycles. The Morgan fingerprint density at radius 2 is 1.21 bits per heavy atom. The molecule has 0 aromatic rings. The fraction of sp³-hybridized carbons (Fsp3) is 0.727. The molecule has 24 heteroatoms. The van der Waals surface area contributed by atoms with Crippen LogP contribution < -0.4 is 21.3 Å². The number of hydrogen-bond acceptors (Lipinski definition) is 12. The molecule has 3 rings (SSSR count). The van der Waals surface area contributed by atoms with Gasteiger partial charge in [-0.05, 0) is 52.4 Å². The maximum absolute atomic E-state index is 14.0. The molecule has 380 valence electrons. The average molecular weight is 961 g/mol. The molecule has 3 saturated heterocycles. The van der Waals surface area contributed by atoms with Gasteiger partial charge in [0.25, 0.3) is 0 Å². The van der Waals surface area contributed by atoms with Gasteiger partial charge >= 0.3 is 0 Å². The molecule has 3 heterocycles. The third-order valence-corrected chi connectivity index (χ3v) is 13.3. The molecule has 3 aliphatic heterocycles. The van der Waals surface area contributed by atoms with Crippen LogP contribution >= 0.6 is 0 Å². The second-order valence-corrected chi connectivity index (χ2v) is 18.4. The minimum atomic E-state index is -1.56. The van der Waals surface area contributed by atoms with Crippen LogP contribution in [0.25, 0.3) is 0 Å². The zero-order chi connectivity index (χ0) is 51.4. The number of hydrogen-bond donors (Lipinski definition) is 4. The molecule has 0 aromatic carbocycles. The first-order valence-corrected chi connectivity index (χ1v) is 23.0. The molecule has 24 nitrogen and oxygen atoms in total. The minimum Gasteiger partial charge on any atom is -0.345 e. The van der Waals surface area contributed by atoms with Crippen molar-refractivity contribution >= 4 is 70.9 Å². The van der Waals surface area contributed by atoms with Crippen LogP contribution in [0.15, 0.2) is 0 Å². The van der Waals surface area contributed by atoms with E-state index in [-0.39, 0.29) is 6.54 Å². The lowest BCUT2D eigenvalue weighted by Gasteiger charge is -2.44. The second kappa shape index (κ2) is 24.6. The molecule has 0 saturated carbocycles. The standard InChI is InChI=1S/C44H72N12O12/c1-12-27(2)38-42(67)52(9)28(3)39(64)56-19-16-29(56)40(65)51(8)26-37(63)50(7)24-32(58)45-21-31(57)46-23-36(62)54(11)44(4,5)43(68)47-22-35(61)53(10)30(41(66)55-17-14-13-15-18-55)20-34(60)49(6)25-33(59)48-38/h27-30,38H,12-26H2,1-11H3,(H,45,58)(H,46,57)(H,47,68)(H,48,59)/t27-,28?,29?,30?,38?/m0/s1. The van der Waals surface area contributed by atoms with Crippen LogP contribution in [0.5, 0.6) is 0 Å². The van der Waals surface area contributed by atoms with Crippen molar-refractivity contribution in [3.05, 3.63) is 0 Å². The summed E-state index contributed by atoms with van der Waals surface area (Å²) in [5.41, 5.74) is -1.56. The molecule has 3 aliphatic rings. The lowest BCUT2D eigenvalue weighted by Crippen LogP contribution is -2.63. The number of likely N-dealkylation sites (tertiary alicyclic amines) is 1. The second-order valence-electron chi connectivity index (χ2n) is 18.4. The van der Waals surface area contributed by atoms with Gasteiger partial charge in [0.2, 0.25) is 70.9 Å². The highest BCUT2D eigenvalue weighted by Gasteiger charge is 2.44. The summed E-state index contributed by atoms with van der Waals surface area (Å²) in [6.07, 6.45) is 2.55. The zero-order valence-electron chi connectivity index (χ0n) is 41.5. The summed E-state index contributed by atoms with van der Waals surface area (Å²) in [5, 5.41) is 9.91. The highest BCUT2D eigenvalue weighted by Crippen LogP contribution is 2.23. The van der Waals surface area contributed by atoms with E-state index in [4.69, 9.17) is 0 Å². The van der Waals surface area contributed by atoms with Gasteiger partial charge in [0.15, 0.2) is 0 Å². The van der Waals surface area contributed by atoms with Gasteiger partial charge in [-0.3, -0.25) is 57.5 Å². The summed E-state index contributed by atoms with van der Waals surface area (Å²) in [7, 11) is 8.08. The fourth-order valence-corrected chi connectivity index (χ4v) is 7.65. The van der Waals surface area contributed by atoms with E-state index in [0.29, 0.717) is 25.9 Å². The van der Waals surface area contributed by atoms with Crippen molar-refractivity contribution in [2.24, 2.45) is 5.92 Å². The molecule has 0 bridgehead atoms. The van der Waals surface area contributed by atoms with Gasteiger partial charge in [0, 0.05) is 61.9 Å². The van der Waals surface area contributed by atoms with E-state index in [2.05, 4.69) is 21.3 Å². The van der Waals surface area contributed by atoms with E-state index in [1.807, 2.05) is 6.92 Å². The van der Waals surface area contributed by atoms with Crippen LogP contribution in [0, 0.1) is 5.92 Å². The highest BCUT2D eigenvalue weighted by molar-refractivity contribution is 5.99. The summed E-state index contributed by atoms with van der Waals surface area (Å²) < 4.78 is 0. The Hall–Kier alpha value is -6.36. The first-order valence-electron chi connectivity index (χ1n) is 23.0. The third kappa shape index (κ3) is 14.3. The predicted octanol–water partition coefficient (Wildman–Crippen LogP) is -3.83. The molecule has 0 spiro atoms. The molecule has 68 heavy (non-hydrogen) atoms. The maximum atomic E-state index is 14.0. The Morgan fingerprint density at radius 1 is 0.632 bits per heavy atom. The van der Waals surface area contributed by atoms with E-state index in [1.165, 1.54) is 72.9 Å². The van der Waals surface area contributed by atoms with Gasteiger partial charge in [-0.25, -0.2) is 0 Å². The minimum absolute atomic E-state index is 0.205. The molecular weight excluding hydrogens is 889 g/mol. The Bertz CT molecular complexity index is 1960. The van der Waals surface area contributed by atoms with E-state index < -0.39 is 152 Å². The molecular formula is C44H72N12O12. The molecule has 5 atom stereocenters. The number of likely N-dealkylation sites (N-methyl/N-ethyl adjacent to an activating group) is 6. The van der Waals surface area contributed by atoms with Crippen molar-refractivity contribution in [3.63, 3.8) is 0 Å². The number of nitrogens with one attached hydrogen (secondary N) is 4. The zero-order valence-corrected chi connectivity index (χ0v) is 41.5. The van der Waals surface area contributed by atoms with Crippen LogP contribution in [-0.4, -0.2) is 241 Å². The van der Waals surface area contributed by atoms with Crippen molar-refractivity contribution < 1.29 is 57.5 Å². The lowest BCUT2D eigenvalue weighted by atomic mass is 9.96. The summed E-state index contributed by atoms with van der Waals surface area (Å²) in [4.78, 5) is 170. The Labute approximate surface area is 398 Å². The van der Waals surface area contributed by atoms with E-state index in [9.17, 15) is 57.5 Å². The van der Waals surface area contributed by atoms with E-state index in [1.54, 1.807) is 11.8 Å². The largest absolute Gasteiger partial charge is 0.345 e. The summed E-state index contributed by atoms with van der Waals surface area (Å²) in [6.45, 7) is 5.68. The Morgan fingerprint density at radius 3 is 1.79 bits per heavy atom. The summed E-state index contributed by atoms with van der Waals surface area (Å²) >= 11 is 0. The van der Waals surface area contributed by atoms with Crippen molar-refractivity contribution in [3.8, 4) is 0 Å². The maximum Gasteiger partial charge on any atom is 0.245 e. The van der Waals surface area contributed by atoms with Crippen LogP contribution in [-0.2, 0) is 57.5 Å². The van der Waals surface area contributed by atoms with Gasteiger partial charge in [0.1, 0.15) is 29.7 Å². The van der Waals surface area contributed by atoms with Gasteiger partial charge in [-0.2, -0.15) is 0 Å². The van der Waals surface area contributed by atoms with Crippen molar-refractivity contribution in [1.29, 1.82) is 0 Å².